The van der Waals surface area contributed by atoms with Gasteiger partial charge in [0.1, 0.15) is 5.82 Å². The first-order valence-corrected chi connectivity index (χ1v) is 7.77. The molecule has 1 aliphatic rings. The van der Waals surface area contributed by atoms with Crippen LogP contribution in [0.3, 0.4) is 0 Å². The molecule has 1 saturated carbocycles. The van der Waals surface area contributed by atoms with Crippen molar-refractivity contribution < 1.29 is 4.74 Å². The molecule has 0 aliphatic heterocycles. The molecule has 4 heteroatoms. The summed E-state index contributed by atoms with van der Waals surface area (Å²) in [6.45, 7) is 7.15. The van der Waals surface area contributed by atoms with Crippen molar-refractivity contribution in [2.24, 2.45) is 11.8 Å². The van der Waals surface area contributed by atoms with Gasteiger partial charge in [0.05, 0.1) is 12.3 Å². The minimum absolute atomic E-state index is 0.509. The highest BCUT2D eigenvalue weighted by Gasteiger charge is 2.27. The summed E-state index contributed by atoms with van der Waals surface area (Å²) in [6.07, 6.45) is 5.18. The second-order valence-corrected chi connectivity index (χ2v) is 5.97. The largest absolute Gasteiger partial charge is 0.476 e. The van der Waals surface area contributed by atoms with Crippen LogP contribution in [-0.2, 0) is 0 Å². The Labute approximate surface area is 122 Å². The number of nitrogens with two attached hydrogens (primary N) is 1. The quantitative estimate of drug-likeness (QED) is 0.861. The van der Waals surface area contributed by atoms with Gasteiger partial charge < -0.3 is 15.8 Å². The van der Waals surface area contributed by atoms with Gasteiger partial charge in [-0.05, 0) is 43.7 Å². The lowest BCUT2D eigenvalue weighted by Crippen LogP contribution is -2.35. The monoisotopic (exact) mass is 277 g/mol. The van der Waals surface area contributed by atoms with Crippen molar-refractivity contribution in [1.82, 2.24) is 4.98 Å². The van der Waals surface area contributed by atoms with Gasteiger partial charge in [0.15, 0.2) is 0 Å². The maximum absolute atomic E-state index is 5.87. The standard InChI is InChI=1S/C16H27N3O/c1-4-20-16-13(17)9-10-15(19-16)18-14-8-6-5-7-12(14)11(2)3/h9-12,14H,4-8,17H2,1-3H3,(H,18,19). The zero-order chi connectivity index (χ0) is 14.5. The zero-order valence-corrected chi connectivity index (χ0v) is 12.9. The molecule has 0 amide bonds. The summed E-state index contributed by atoms with van der Waals surface area (Å²) in [6, 6.07) is 4.33. The van der Waals surface area contributed by atoms with Gasteiger partial charge in [-0.2, -0.15) is 4.98 Å². The van der Waals surface area contributed by atoms with Crippen molar-refractivity contribution in [2.75, 3.05) is 17.7 Å². The fourth-order valence-corrected chi connectivity index (χ4v) is 3.11. The van der Waals surface area contributed by atoms with E-state index in [1.54, 1.807) is 0 Å². The van der Waals surface area contributed by atoms with Crippen molar-refractivity contribution in [3.8, 4) is 5.88 Å². The summed E-state index contributed by atoms with van der Waals surface area (Å²) in [5.41, 5.74) is 6.47. The highest BCUT2D eigenvalue weighted by molar-refractivity contribution is 5.53. The van der Waals surface area contributed by atoms with E-state index in [1.165, 1.54) is 25.7 Å². The van der Waals surface area contributed by atoms with Crippen LogP contribution in [0.1, 0.15) is 46.5 Å². The van der Waals surface area contributed by atoms with Gasteiger partial charge in [0, 0.05) is 6.04 Å². The van der Waals surface area contributed by atoms with Gasteiger partial charge in [0.25, 0.3) is 0 Å². The molecular formula is C16H27N3O. The molecule has 1 fully saturated rings. The average Bonchev–Trinajstić information content (AvgIpc) is 2.43. The number of nitrogen functional groups attached to an aromatic ring is 1. The van der Waals surface area contributed by atoms with E-state index in [-0.39, 0.29) is 0 Å². The lowest BCUT2D eigenvalue weighted by atomic mass is 9.78. The summed E-state index contributed by atoms with van der Waals surface area (Å²) >= 11 is 0. The fourth-order valence-electron chi connectivity index (χ4n) is 3.11. The zero-order valence-electron chi connectivity index (χ0n) is 12.9. The van der Waals surface area contributed by atoms with E-state index < -0.39 is 0 Å². The predicted octanol–water partition coefficient (Wildman–Crippen LogP) is 3.69. The van der Waals surface area contributed by atoms with Crippen LogP contribution < -0.4 is 15.8 Å². The van der Waals surface area contributed by atoms with Gasteiger partial charge in [-0.3, -0.25) is 0 Å². The Bertz CT molecular complexity index is 434. The van der Waals surface area contributed by atoms with Crippen molar-refractivity contribution in [3.05, 3.63) is 12.1 Å². The van der Waals surface area contributed by atoms with Gasteiger partial charge in [-0.25, -0.2) is 0 Å². The summed E-state index contributed by atoms with van der Waals surface area (Å²) in [5.74, 6) is 2.83. The van der Waals surface area contributed by atoms with Crippen LogP contribution in [-0.4, -0.2) is 17.6 Å². The maximum atomic E-state index is 5.87. The fraction of sp³-hybridized carbons (Fsp3) is 0.688. The van der Waals surface area contributed by atoms with E-state index in [2.05, 4.69) is 24.1 Å². The molecule has 3 N–H and O–H groups in total. The number of pyridine rings is 1. The Morgan fingerprint density at radius 1 is 1.35 bits per heavy atom. The van der Waals surface area contributed by atoms with Crippen LogP contribution in [0.15, 0.2) is 12.1 Å². The number of rotatable bonds is 5. The van der Waals surface area contributed by atoms with Crippen molar-refractivity contribution in [2.45, 2.75) is 52.5 Å². The first-order chi connectivity index (χ1) is 9.61. The van der Waals surface area contributed by atoms with Gasteiger partial charge in [-0.1, -0.05) is 26.7 Å². The second-order valence-electron chi connectivity index (χ2n) is 5.97. The SMILES string of the molecule is CCOc1nc(NC2CCCCC2C(C)C)ccc1N. The number of ether oxygens (including phenoxy) is 1. The van der Waals surface area contributed by atoms with Crippen LogP contribution in [0.4, 0.5) is 11.5 Å². The first kappa shape index (κ1) is 14.9. The van der Waals surface area contributed by atoms with E-state index in [4.69, 9.17) is 10.5 Å². The first-order valence-electron chi connectivity index (χ1n) is 7.77. The van der Waals surface area contributed by atoms with Crippen LogP contribution >= 0.6 is 0 Å². The minimum Gasteiger partial charge on any atom is -0.476 e. The summed E-state index contributed by atoms with van der Waals surface area (Å²) in [4.78, 5) is 4.49. The normalized spacial score (nSPS) is 22.8. The molecule has 1 aromatic rings. The molecule has 2 atom stereocenters. The predicted molar refractivity (Wildman–Crippen MR) is 84.0 cm³/mol. The molecular weight excluding hydrogens is 250 g/mol. The Hall–Kier alpha value is -1.45. The van der Waals surface area contributed by atoms with Crippen LogP contribution in [0.25, 0.3) is 0 Å². The highest BCUT2D eigenvalue weighted by Crippen LogP contribution is 2.32. The summed E-state index contributed by atoms with van der Waals surface area (Å²) in [5, 5.41) is 3.59. The summed E-state index contributed by atoms with van der Waals surface area (Å²) < 4.78 is 5.46. The molecule has 0 aromatic carbocycles. The number of anilines is 2. The van der Waals surface area contributed by atoms with E-state index in [0.717, 1.165) is 11.7 Å². The van der Waals surface area contributed by atoms with Crippen molar-refractivity contribution in [3.63, 3.8) is 0 Å². The Morgan fingerprint density at radius 3 is 2.80 bits per heavy atom. The topological polar surface area (TPSA) is 60.2 Å². The Balaban J connectivity index is 2.09. The molecule has 2 unspecified atom stereocenters. The summed E-state index contributed by atoms with van der Waals surface area (Å²) in [7, 11) is 0. The molecule has 0 saturated heterocycles. The third-order valence-electron chi connectivity index (χ3n) is 4.18. The molecule has 1 aliphatic carbocycles. The molecule has 0 bridgehead atoms. The van der Waals surface area contributed by atoms with Crippen LogP contribution in [0.2, 0.25) is 0 Å². The number of nitrogens with one attached hydrogen (secondary N) is 1. The maximum Gasteiger partial charge on any atom is 0.239 e. The van der Waals surface area contributed by atoms with E-state index in [1.807, 2.05) is 19.1 Å². The van der Waals surface area contributed by atoms with Gasteiger partial charge in [-0.15, -0.1) is 0 Å². The molecule has 0 spiro atoms. The van der Waals surface area contributed by atoms with Gasteiger partial charge >= 0.3 is 0 Å². The molecule has 4 nitrogen and oxygen atoms in total. The van der Waals surface area contributed by atoms with Gasteiger partial charge in [0.2, 0.25) is 5.88 Å². The van der Waals surface area contributed by atoms with Crippen LogP contribution in [0.5, 0.6) is 5.88 Å². The molecule has 0 radical (unpaired) electrons. The molecule has 112 valence electrons. The number of aromatic nitrogens is 1. The van der Waals surface area contributed by atoms with Crippen LogP contribution in [0, 0.1) is 11.8 Å². The van der Waals surface area contributed by atoms with E-state index in [0.29, 0.717) is 30.1 Å². The minimum atomic E-state index is 0.509. The average molecular weight is 277 g/mol. The third kappa shape index (κ3) is 3.56. The number of nitrogens with zero attached hydrogens (tertiary/aromatic N) is 1. The van der Waals surface area contributed by atoms with E-state index in [9.17, 15) is 0 Å². The molecule has 2 rings (SSSR count). The molecule has 20 heavy (non-hydrogen) atoms. The lowest BCUT2D eigenvalue weighted by Gasteiger charge is -2.35. The highest BCUT2D eigenvalue weighted by atomic mass is 16.5. The third-order valence-corrected chi connectivity index (χ3v) is 4.18. The smallest absolute Gasteiger partial charge is 0.239 e. The lowest BCUT2D eigenvalue weighted by molar-refractivity contribution is 0.253. The van der Waals surface area contributed by atoms with Crippen molar-refractivity contribution in [1.29, 1.82) is 0 Å². The number of hydrogen-bond acceptors (Lipinski definition) is 4. The van der Waals surface area contributed by atoms with Crippen molar-refractivity contribution >= 4 is 11.5 Å². The molecule has 1 heterocycles. The van der Waals surface area contributed by atoms with E-state index >= 15 is 0 Å². The molecule has 1 aromatic heterocycles. The number of hydrogen-bond donors (Lipinski definition) is 2. The Morgan fingerprint density at radius 2 is 2.10 bits per heavy atom. The second kappa shape index (κ2) is 6.82. The Kier molecular flexibility index (Phi) is 5.10.